The third kappa shape index (κ3) is 5.77. The number of nitrogens with one attached hydrogen (secondary N) is 2. The molecule has 0 bridgehead atoms. The van der Waals surface area contributed by atoms with E-state index >= 15 is 0 Å². The fraction of sp³-hybridized carbons (Fsp3) is 0.625. The SMILES string of the molecule is CC(C)(C)NS(=O)(=O)c1ccc(CCCNC2CC2)cc1. The van der Waals surface area contributed by atoms with E-state index in [1.54, 1.807) is 12.1 Å². The van der Waals surface area contributed by atoms with Crippen molar-refractivity contribution in [3.8, 4) is 0 Å². The van der Waals surface area contributed by atoms with Gasteiger partial charge in [0.05, 0.1) is 4.90 Å². The van der Waals surface area contributed by atoms with Crippen LogP contribution in [0.25, 0.3) is 0 Å². The molecule has 1 aliphatic carbocycles. The van der Waals surface area contributed by atoms with Crippen molar-refractivity contribution in [3.63, 3.8) is 0 Å². The first-order valence-corrected chi connectivity index (χ1v) is 9.11. The molecule has 1 aliphatic rings. The van der Waals surface area contributed by atoms with E-state index in [9.17, 15) is 8.42 Å². The Kier molecular flexibility index (Phi) is 5.07. The highest BCUT2D eigenvalue weighted by Gasteiger charge is 2.22. The van der Waals surface area contributed by atoms with Gasteiger partial charge in [0.2, 0.25) is 10.0 Å². The number of rotatable bonds is 7. The molecule has 1 aromatic carbocycles. The van der Waals surface area contributed by atoms with E-state index in [1.165, 1.54) is 18.4 Å². The van der Waals surface area contributed by atoms with Crippen LogP contribution in [0.4, 0.5) is 0 Å². The van der Waals surface area contributed by atoms with E-state index in [0.29, 0.717) is 4.90 Å². The average molecular weight is 310 g/mol. The number of hydrogen-bond donors (Lipinski definition) is 2. The largest absolute Gasteiger partial charge is 0.314 e. The van der Waals surface area contributed by atoms with Gasteiger partial charge in [0.1, 0.15) is 0 Å². The molecule has 2 N–H and O–H groups in total. The van der Waals surface area contributed by atoms with Gasteiger partial charge < -0.3 is 5.32 Å². The maximum Gasteiger partial charge on any atom is 0.241 e. The zero-order valence-electron chi connectivity index (χ0n) is 13.1. The molecule has 1 saturated carbocycles. The Morgan fingerprint density at radius 2 is 1.76 bits per heavy atom. The first-order chi connectivity index (χ1) is 9.76. The topological polar surface area (TPSA) is 58.2 Å². The van der Waals surface area contributed by atoms with Crippen LogP contribution in [0.1, 0.15) is 45.6 Å². The van der Waals surface area contributed by atoms with Gasteiger partial charge in [-0.15, -0.1) is 0 Å². The van der Waals surface area contributed by atoms with Crippen molar-refractivity contribution in [1.29, 1.82) is 0 Å². The number of aryl methyl sites for hydroxylation is 1. The highest BCUT2D eigenvalue weighted by atomic mass is 32.2. The zero-order chi connectivity index (χ0) is 15.5. The average Bonchev–Trinajstić information content (AvgIpc) is 3.16. The molecule has 118 valence electrons. The predicted molar refractivity (Wildman–Crippen MR) is 85.9 cm³/mol. The molecule has 0 aliphatic heterocycles. The quantitative estimate of drug-likeness (QED) is 0.761. The van der Waals surface area contributed by atoms with Gasteiger partial charge in [0.25, 0.3) is 0 Å². The summed E-state index contributed by atoms with van der Waals surface area (Å²) in [6.45, 7) is 6.56. The van der Waals surface area contributed by atoms with Crippen LogP contribution in [0, 0.1) is 0 Å². The smallest absolute Gasteiger partial charge is 0.241 e. The molecule has 0 spiro atoms. The van der Waals surface area contributed by atoms with Crippen LogP contribution in [-0.4, -0.2) is 26.5 Å². The van der Waals surface area contributed by atoms with E-state index in [2.05, 4.69) is 10.0 Å². The third-order valence-electron chi connectivity index (χ3n) is 3.33. The summed E-state index contributed by atoms with van der Waals surface area (Å²) in [5, 5.41) is 3.48. The van der Waals surface area contributed by atoms with Crippen LogP contribution in [0.2, 0.25) is 0 Å². The van der Waals surface area contributed by atoms with Crippen molar-refractivity contribution >= 4 is 10.0 Å². The Balaban J connectivity index is 1.88. The maximum atomic E-state index is 12.2. The highest BCUT2D eigenvalue weighted by molar-refractivity contribution is 7.89. The molecule has 0 heterocycles. The van der Waals surface area contributed by atoms with Gasteiger partial charge in [-0.2, -0.15) is 0 Å². The monoisotopic (exact) mass is 310 g/mol. The van der Waals surface area contributed by atoms with Gasteiger partial charge in [0, 0.05) is 11.6 Å². The number of hydrogen-bond acceptors (Lipinski definition) is 3. The second-order valence-electron chi connectivity index (χ2n) is 6.83. The van der Waals surface area contributed by atoms with Crippen LogP contribution in [-0.2, 0) is 16.4 Å². The van der Waals surface area contributed by atoms with E-state index in [-0.39, 0.29) is 0 Å². The van der Waals surface area contributed by atoms with Crippen molar-refractivity contribution in [2.24, 2.45) is 0 Å². The van der Waals surface area contributed by atoms with Gasteiger partial charge in [-0.1, -0.05) is 12.1 Å². The molecule has 1 fully saturated rings. The standard InChI is InChI=1S/C16H26N2O2S/c1-16(2,3)18-21(19,20)15-10-6-13(7-11-15)5-4-12-17-14-8-9-14/h6-7,10-11,14,17-18H,4-5,8-9,12H2,1-3H3. The zero-order valence-corrected chi connectivity index (χ0v) is 14.0. The van der Waals surface area contributed by atoms with Crippen LogP contribution < -0.4 is 10.0 Å². The molecule has 4 nitrogen and oxygen atoms in total. The molecular weight excluding hydrogens is 284 g/mol. The maximum absolute atomic E-state index is 12.2. The van der Waals surface area contributed by atoms with Crippen LogP contribution in [0.3, 0.4) is 0 Å². The fourth-order valence-electron chi connectivity index (χ4n) is 2.18. The molecule has 1 aromatic rings. The molecule has 5 heteroatoms. The molecule has 0 unspecified atom stereocenters. The predicted octanol–water partition coefficient (Wildman–Crippen LogP) is 2.45. The van der Waals surface area contributed by atoms with Gasteiger partial charge >= 0.3 is 0 Å². The minimum absolute atomic E-state index is 0.331. The van der Waals surface area contributed by atoms with Gasteiger partial charge in [0.15, 0.2) is 0 Å². The van der Waals surface area contributed by atoms with E-state index in [0.717, 1.165) is 25.4 Å². The van der Waals surface area contributed by atoms with Crippen molar-refractivity contribution in [2.75, 3.05) is 6.54 Å². The van der Waals surface area contributed by atoms with Crippen molar-refractivity contribution < 1.29 is 8.42 Å². The summed E-state index contributed by atoms with van der Waals surface area (Å²) < 4.78 is 27.0. The second kappa shape index (κ2) is 6.46. The minimum atomic E-state index is -3.43. The van der Waals surface area contributed by atoms with E-state index < -0.39 is 15.6 Å². The molecule has 0 atom stereocenters. The lowest BCUT2D eigenvalue weighted by Gasteiger charge is -2.20. The Hall–Kier alpha value is -0.910. The van der Waals surface area contributed by atoms with Crippen LogP contribution in [0.15, 0.2) is 29.2 Å². The van der Waals surface area contributed by atoms with Gasteiger partial charge in [-0.05, 0) is 70.7 Å². The Morgan fingerprint density at radius 3 is 2.29 bits per heavy atom. The summed E-state index contributed by atoms with van der Waals surface area (Å²) in [4.78, 5) is 0.331. The number of sulfonamides is 1. The van der Waals surface area contributed by atoms with Crippen molar-refractivity contribution in [3.05, 3.63) is 29.8 Å². The molecule has 0 saturated heterocycles. The first-order valence-electron chi connectivity index (χ1n) is 7.63. The minimum Gasteiger partial charge on any atom is -0.314 e. The van der Waals surface area contributed by atoms with Gasteiger partial charge in [-0.25, -0.2) is 13.1 Å². The highest BCUT2D eigenvalue weighted by Crippen LogP contribution is 2.18. The van der Waals surface area contributed by atoms with Crippen molar-refractivity contribution in [1.82, 2.24) is 10.0 Å². The van der Waals surface area contributed by atoms with E-state index in [4.69, 9.17) is 0 Å². The Bertz CT molecular complexity index is 555. The summed E-state index contributed by atoms with van der Waals surface area (Å²) in [7, 11) is -3.43. The summed E-state index contributed by atoms with van der Waals surface area (Å²) >= 11 is 0. The summed E-state index contributed by atoms with van der Waals surface area (Å²) in [5.41, 5.74) is 0.716. The normalized spacial score (nSPS) is 16.1. The van der Waals surface area contributed by atoms with E-state index in [1.807, 2.05) is 32.9 Å². The molecule has 0 amide bonds. The lowest BCUT2D eigenvalue weighted by Crippen LogP contribution is -2.40. The molecule has 2 rings (SSSR count). The van der Waals surface area contributed by atoms with Crippen LogP contribution >= 0.6 is 0 Å². The fourth-order valence-corrected chi connectivity index (χ4v) is 3.60. The van der Waals surface area contributed by atoms with Gasteiger partial charge in [-0.3, -0.25) is 0 Å². The summed E-state index contributed by atoms with van der Waals surface area (Å²) in [6, 6.07) is 7.96. The third-order valence-corrected chi connectivity index (χ3v) is 5.10. The summed E-state index contributed by atoms with van der Waals surface area (Å²) in [6.07, 6.45) is 4.69. The Labute approximate surface area is 128 Å². The lowest BCUT2D eigenvalue weighted by atomic mass is 10.1. The lowest BCUT2D eigenvalue weighted by molar-refractivity contribution is 0.491. The molecular formula is C16H26N2O2S. The first kappa shape index (κ1) is 16.5. The molecule has 21 heavy (non-hydrogen) atoms. The van der Waals surface area contributed by atoms with Crippen molar-refractivity contribution in [2.45, 2.75) is 62.9 Å². The number of benzene rings is 1. The summed E-state index contributed by atoms with van der Waals surface area (Å²) in [5.74, 6) is 0. The molecule has 0 aromatic heterocycles. The second-order valence-corrected chi connectivity index (χ2v) is 8.51. The molecule has 0 radical (unpaired) electrons. The Morgan fingerprint density at radius 1 is 1.14 bits per heavy atom. The van der Waals surface area contributed by atoms with Crippen LogP contribution in [0.5, 0.6) is 0 Å².